The molecule has 1 amide bonds. The van der Waals surface area contributed by atoms with Gasteiger partial charge in [0.25, 0.3) is 5.91 Å². The van der Waals surface area contributed by atoms with Gasteiger partial charge in [0.15, 0.2) is 15.5 Å². The van der Waals surface area contributed by atoms with E-state index < -0.39 is 9.84 Å². The van der Waals surface area contributed by atoms with Crippen LogP contribution in [0, 0.1) is 0 Å². The van der Waals surface area contributed by atoms with Crippen molar-refractivity contribution in [2.45, 2.75) is 12.5 Å². The van der Waals surface area contributed by atoms with Crippen molar-refractivity contribution in [2.24, 2.45) is 0 Å². The van der Waals surface area contributed by atoms with E-state index in [0.717, 1.165) is 5.56 Å². The fraction of sp³-hybridized carbons (Fsp3) is 0.238. The standard InChI is InChI=1S/C21H21N3O4S/c1-28-18-9-7-15(8-10-18)20-13-19(21(25)22-16-5-3-2-4-6-16)23-24(20)17-11-12-29(26,27)14-17/h2-10,13,17H,11-12,14H2,1H3,(H,22,25)/t17-/m1/s1. The van der Waals surface area contributed by atoms with Crippen LogP contribution in [0.5, 0.6) is 5.75 Å². The van der Waals surface area contributed by atoms with Gasteiger partial charge >= 0.3 is 0 Å². The second-order valence-corrected chi connectivity index (χ2v) is 9.19. The normalized spacial score (nSPS) is 17.8. The van der Waals surface area contributed by atoms with Crippen LogP contribution in [0.25, 0.3) is 11.3 Å². The second kappa shape index (κ2) is 7.71. The highest BCUT2D eigenvalue weighted by Crippen LogP contribution is 2.31. The number of benzene rings is 2. The van der Waals surface area contributed by atoms with Crippen LogP contribution in [0.3, 0.4) is 0 Å². The van der Waals surface area contributed by atoms with E-state index in [0.29, 0.717) is 23.6 Å². The van der Waals surface area contributed by atoms with E-state index in [-0.39, 0.29) is 29.1 Å². The zero-order valence-electron chi connectivity index (χ0n) is 15.9. The summed E-state index contributed by atoms with van der Waals surface area (Å²) in [6.07, 6.45) is 0.479. The molecule has 1 atom stereocenters. The highest BCUT2D eigenvalue weighted by Gasteiger charge is 2.32. The lowest BCUT2D eigenvalue weighted by molar-refractivity contribution is 0.102. The van der Waals surface area contributed by atoms with Crippen molar-refractivity contribution in [1.29, 1.82) is 0 Å². The molecule has 3 aromatic rings. The SMILES string of the molecule is COc1ccc(-c2cc(C(=O)Nc3ccccc3)nn2[C@@H]2CCS(=O)(=O)C2)cc1. The summed E-state index contributed by atoms with van der Waals surface area (Å²) in [6.45, 7) is 0. The fourth-order valence-corrected chi connectivity index (χ4v) is 5.14. The number of methoxy groups -OCH3 is 1. The van der Waals surface area contributed by atoms with Crippen molar-refractivity contribution in [2.75, 3.05) is 23.9 Å². The summed E-state index contributed by atoms with van der Waals surface area (Å²) in [5.74, 6) is 0.527. The van der Waals surface area contributed by atoms with Crippen LogP contribution in [0.4, 0.5) is 5.69 Å². The molecule has 0 aliphatic carbocycles. The van der Waals surface area contributed by atoms with Crippen LogP contribution in [0.15, 0.2) is 60.7 Å². The lowest BCUT2D eigenvalue weighted by Crippen LogP contribution is -2.16. The first-order valence-corrected chi connectivity index (χ1v) is 11.1. The maximum atomic E-state index is 12.7. The summed E-state index contributed by atoms with van der Waals surface area (Å²) in [7, 11) is -1.50. The maximum Gasteiger partial charge on any atom is 0.276 e. The number of nitrogens with zero attached hydrogens (tertiary/aromatic N) is 2. The largest absolute Gasteiger partial charge is 0.497 e. The molecule has 0 bridgehead atoms. The first kappa shape index (κ1) is 19.2. The number of sulfone groups is 1. The van der Waals surface area contributed by atoms with Crippen molar-refractivity contribution in [3.05, 3.63) is 66.4 Å². The summed E-state index contributed by atoms with van der Waals surface area (Å²) in [6, 6.07) is 17.9. The molecule has 8 heteroatoms. The van der Waals surface area contributed by atoms with Gasteiger partial charge in [-0.1, -0.05) is 18.2 Å². The van der Waals surface area contributed by atoms with Crippen LogP contribution in [0.1, 0.15) is 23.0 Å². The number of hydrogen-bond donors (Lipinski definition) is 1. The number of rotatable bonds is 5. The minimum absolute atomic E-state index is 0.0254. The minimum atomic E-state index is -3.09. The maximum absolute atomic E-state index is 12.7. The van der Waals surface area contributed by atoms with Gasteiger partial charge in [0.2, 0.25) is 0 Å². The molecule has 1 saturated heterocycles. The van der Waals surface area contributed by atoms with Crippen molar-refractivity contribution in [3.8, 4) is 17.0 Å². The van der Waals surface area contributed by atoms with Crippen molar-refractivity contribution >= 4 is 21.4 Å². The predicted octanol–water partition coefficient (Wildman–Crippen LogP) is 3.17. The molecule has 1 aliphatic heterocycles. The van der Waals surface area contributed by atoms with E-state index in [4.69, 9.17) is 4.74 Å². The quantitative estimate of drug-likeness (QED) is 0.696. The van der Waals surface area contributed by atoms with E-state index >= 15 is 0 Å². The molecule has 0 saturated carbocycles. The number of anilines is 1. The van der Waals surface area contributed by atoms with Gasteiger partial charge in [-0.25, -0.2) is 8.42 Å². The van der Waals surface area contributed by atoms with Crippen molar-refractivity contribution in [3.63, 3.8) is 0 Å². The summed E-state index contributed by atoms with van der Waals surface area (Å²) in [5.41, 5.74) is 2.44. The van der Waals surface area contributed by atoms with Gasteiger partial charge in [0.1, 0.15) is 5.75 Å². The van der Waals surface area contributed by atoms with Crippen molar-refractivity contribution in [1.82, 2.24) is 9.78 Å². The monoisotopic (exact) mass is 411 g/mol. The van der Waals surface area contributed by atoms with Crippen LogP contribution in [-0.2, 0) is 9.84 Å². The van der Waals surface area contributed by atoms with Crippen molar-refractivity contribution < 1.29 is 17.9 Å². The number of nitrogens with one attached hydrogen (secondary N) is 1. The van der Waals surface area contributed by atoms with Gasteiger partial charge in [0.05, 0.1) is 30.4 Å². The highest BCUT2D eigenvalue weighted by molar-refractivity contribution is 7.91. The van der Waals surface area contributed by atoms with E-state index in [1.807, 2.05) is 42.5 Å². The third-order valence-corrected chi connectivity index (χ3v) is 6.69. The molecule has 1 aliphatic rings. The van der Waals surface area contributed by atoms with Gasteiger partial charge in [0, 0.05) is 11.3 Å². The third-order valence-electron chi connectivity index (χ3n) is 4.94. The van der Waals surface area contributed by atoms with Gasteiger partial charge < -0.3 is 10.1 Å². The number of amides is 1. The Morgan fingerprint density at radius 1 is 1.14 bits per heavy atom. The molecular formula is C21H21N3O4S. The van der Waals surface area contributed by atoms with Crippen LogP contribution in [-0.4, -0.2) is 42.7 Å². The zero-order valence-corrected chi connectivity index (χ0v) is 16.7. The van der Waals surface area contributed by atoms with E-state index in [9.17, 15) is 13.2 Å². The zero-order chi connectivity index (χ0) is 20.4. The Bertz CT molecular complexity index is 1120. The molecular weight excluding hydrogens is 390 g/mol. The van der Waals surface area contributed by atoms with E-state index in [1.165, 1.54) is 0 Å². The van der Waals surface area contributed by atoms with Crippen LogP contribution in [0.2, 0.25) is 0 Å². The summed E-state index contributed by atoms with van der Waals surface area (Å²) in [4.78, 5) is 12.7. The van der Waals surface area contributed by atoms with Crippen LogP contribution < -0.4 is 10.1 Å². The Labute approximate surface area is 169 Å². The third kappa shape index (κ3) is 4.17. The first-order chi connectivity index (χ1) is 13.9. The lowest BCUT2D eigenvalue weighted by atomic mass is 10.1. The Kier molecular flexibility index (Phi) is 5.10. The smallest absolute Gasteiger partial charge is 0.276 e. The van der Waals surface area contributed by atoms with Gasteiger partial charge in [-0.3, -0.25) is 9.48 Å². The van der Waals surface area contributed by atoms with E-state index in [2.05, 4.69) is 10.4 Å². The minimum Gasteiger partial charge on any atom is -0.497 e. The average Bonchev–Trinajstić information content (AvgIpc) is 3.32. The summed E-state index contributed by atoms with van der Waals surface area (Å²) >= 11 is 0. The number of carbonyl (C=O) groups is 1. The molecule has 29 heavy (non-hydrogen) atoms. The number of aromatic nitrogens is 2. The molecule has 0 spiro atoms. The molecule has 0 unspecified atom stereocenters. The summed E-state index contributed by atoms with van der Waals surface area (Å²) in [5, 5.41) is 7.30. The average molecular weight is 411 g/mol. The molecule has 0 radical (unpaired) electrons. The fourth-order valence-electron chi connectivity index (χ4n) is 3.45. The van der Waals surface area contributed by atoms with Gasteiger partial charge in [-0.05, 0) is 48.9 Å². The second-order valence-electron chi connectivity index (χ2n) is 6.96. The van der Waals surface area contributed by atoms with Crippen LogP contribution >= 0.6 is 0 Å². The number of hydrogen-bond acceptors (Lipinski definition) is 5. The molecule has 4 rings (SSSR count). The lowest BCUT2D eigenvalue weighted by Gasteiger charge is -2.13. The molecule has 2 heterocycles. The van der Waals surface area contributed by atoms with Gasteiger partial charge in [-0.2, -0.15) is 5.10 Å². The number of carbonyl (C=O) groups excluding carboxylic acids is 1. The highest BCUT2D eigenvalue weighted by atomic mass is 32.2. The molecule has 1 fully saturated rings. The molecule has 2 aromatic carbocycles. The number of ether oxygens (including phenoxy) is 1. The Balaban J connectivity index is 1.70. The van der Waals surface area contributed by atoms with Gasteiger partial charge in [-0.15, -0.1) is 0 Å². The Hall–Kier alpha value is -3.13. The molecule has 1 aromatic heterocycles. The first-order valence-electron chi connectivity index (χ1n) is 9.26. The number of para-hydroxylation sites is 1. The topological polar surface area (TPSA) is 90.3 Å². The Morgan fingerprint density at radius 2 is 1.86 bits per heavy atom. The summed E-state index contributed by atoms with van der Waals surface area (Å²) < 4.78 is 30.9. The molecule has 150 valence electrons. The Morgan fingerprint density at radius 3 is 2.48 bits per heavy atom. The van der Waals surface area contributed by atoms with E-state index in [1.54, 1.807) is 30.0 Å². The predicted molar refractivity (Wildman–Crippen MR) is 111 cm³/mol. The molecule has 1 N–H and O–H groups in total. The molecule has 7 nitrogen and oxygen atoms in total.